The van der Waals surface area contributed by atoms with Gasteiger partial charge in [0, 0.05) is 44.0 Å². The van der Waals surface area contributed by atoms with E-state index in [2.05, 4.69) is 4.90 Å². The fourth-order valence-corrected chi connectivity index (χ4v) is 7.87. The maximum atomic E-state index is 13.6. The van der Waals surface area contributed by atoms with Crippen LogP contribution >= 0.6 is 12.4 Å². The quantitative estimate of drug-likeness (QED) is 0.550. The molecule has 9 nitrogen and oxygen atoms in total. The number of piperidine rings is 1. The minimum absolute atomic E-state index is 0. The second-order valence-corrected chi connectivity index (χ2v) is 12.7. The number of halogens is 1. The summed E-state index contributed by atoms with van der Waals surface area (Å²) in [6.07, 6.45) is 5.47. The van der Waals surface area contributed by atoms with Crippen LogP contribution in [-0.4, -0.2) is 93.1 Å². The third-order valence-corrected chi connectivity index (χ3v) is 10.0. The summed E-state index contributed by atoms with van der Waals surface area (Å²) in [6.45, 7) is 6.67. The van der Waals surface area contributed by atoms with Crippen LogP contribution < -0.4 is 0 Å². The number of aromatic nitrogens is 2. The molecule has 3 fully saturated rings. The molecule has 6 rings (SSSR count). The molecule has 0 bridgehead atoms. The first kappa shape index (κ1) is 27.6. The number of benzene rings is 1. The van der Waals surface area contributed by atoms with E-state index in [0.29, 0.717) is 42.3 Å². The van der Waals surface area contributed by atoms with Crippen LogP contribution in [0.4, 0.5) is 0 Å². The van der Waals surface area contributed by atoms with Gasteiger partial charge in [0.1, 0.15) is 0 Å². The Bertz CT molecular complexity index is 1250. The van der Waals surface area contributed by atoms with Crippen molar-refractivity contribution in [2.45, 2.75) is 48.8 Å². The van der Waals surface area contributed by atoms with Crippen LogP contribution in [0, 0.1) is 5.92 Å². The van der Waals surface area contributed by atoms with Crippen molar-refractivity contribution < 1.29 is 22.7 Å². The average molecular weight is 565 g/mol. The number of fused-ring (bicyclic) bond motifs is 3. The summed E-state index contributed by atoms with van der Waals surface area (Å²) in [7, 11) is -3.56. The third-order valence-electron chi connectivity index (χ3n) is 8.34. The number of amides is 1. The van der Waals surface area contributed by atoms with Crippen molar-refractivity contribution in [3.8, 4) is 11.3 Å². The molecule has 2 aromatic rings. The minimum atomic E-state index is -3.56. The lowest BCUT2D eigenvalue weighted by Crippen LogP contribution is -2.41. The maximum absolute atomic E-state index is 13.6. The van der Waals surface area contributed by atoms with Crippen LogP contribution in [0.2, 0.25) is 0 Å². The molecule has 38 heavy (non-hydrogen) atoms. The van der Waals surface area contributed by atoms with Crippen molar-refractivity contribution in [2.75, 3.05) is 59.2 Å². The van der Waals surface area contributed by atoms with Gasteiger partial charge in [0.25, 0.3) is 5.91 Å². The number of ether oxygens (including phenoxy) is 2. The predicted octanol–water partition coefficient (Wildman–Crippen LogP) is 3.19. The van der Waals surface area contributed by atoms with E-state index in [-0.39, 0.29) is 35.8 Å². The normalized spacial score (nSPS) is 23.8. The Morgan fingerprint density at radius 3 is 2.53 bits per heavy atom. The van der Waals surface area contributed by atoms with E-state index in [9.17, 15) is 13.2 Å². The van der Waals surface area contributed by atoms with Gasteiger partial charge in [-0.3, -0.25) is 9.48 Å². The summed E-state index contributed by atoms with van der Waals surface area (Å²) >= 11 is 0. The standard InChI is InChI=1S/C27H36N4O5S.ClH/c32-27(30-12-16-36-17-13-30)25-23-19-37(33,34)24-6-2-1-5-22(24)26(23)31(28-25)21-4-3-10-29(18-21)11-7-20-8-14-35-15-9-20;/h1-2,5-6,20-21H,3-4,7-19H2;1H. The maximum Gasteiger partial charge on any atom is 0.274 e. The van der Waals surface area contributed by atoms with Crippen LogP contribution in [0.5, 0.6) is 0 Å². The summed E-state index contributed by atoms with van der Waals surface area (Å²) < 4.78 is 39.5. The van der Waals surface area contributed by atoms with Crippen molar-refractivity contribution in [3.63, 3.8) is 0 Å². The SMILES string of the molecule is Cl.O=C(c1nn(C2CCCN(CCC3CCOCC3)C2)c2c1CS(=O)(=O)c1ccccc1-2)N1CCOCC1. The molecule has 4 aliphatic rings. The van der Waals surface area contributed by atoms with Crippen LogP contribution in [0.3, 0.4) is 0 Å². The van der Waals surface area contributed by atoms with E-state index in [4.69, 9.17) is 14.6 Å². The van der Waals surface area contributed by atoms with E-state index in [1.54, 1.807) is 17.0 Å². The zero-order valence-electron chi connectivity index (χ0n) is 21.7. The minimum Gasteiger partial charge on any atom is -0.381 e. The summed E-state index contributed by atoms with van der Waals surface area (Å²) in [5, 5.41) is 4.92. The van der Waals surface area contributed by atoms with E-state index in [1.807, 2.05) is 16.8 Å². The first-order valence-corrected chi connectivity index (χ1v) is 15.3. The summed E-state index contributed by atoms with van der Waals surface area (Å²) in [4.78, 5) is 18.2. The number of morpholine rings is 1. The summed E-state index contributed by atoms with van der Waals surface area (Å²) in [5.41, 5.74) is 2.30. The van der Waals surface area contributed by atoms with Crippen LogP contribution in [0.1, 0.15) is 54.2 Å². The highest BCUT2D eigenvalue weighted by Crippen LogP contribution is 2.42. The largest absolute Gasteiger partial charge is 0.381 e. The van der Waals surface area contributed by atoms with Gasteiger partial charge >= 0.3 is 0 Å². The first-order valence-electron chi connectivity index (χ1n) is 13.6. The number of hydrogen-bond acceptors (Lipinski definition) is 7. The number of carbonyl (C=O) groups excluding carboxylic acids is 1. The monoisotopic (exact) mass is 564 g/mol. The molecule has 1 aromatic heterocycles. The van der Waals surface area contributed by atoms with Crippen molar-refractivity contribution in [1.29, 1.82) is 0 Å². The highest BCUT2D eigenvalue weighted by Gasteiger charge is 2.39. The number of carbonyl (C=O) groups is 1. The molecular formula is C27H37ClN4O5S. The Morgan fingerprint density at radius 1 is 1.00 bits per heavy atom. The fourth-order valence-electron chi connectivity index (χ4n) is 6.28. The lowest BCUT2D eigenvalue weighted by atomic mass is 9.95. The van der Waals surface area contributed by atoms with Crippen LogP contribution in [-0.2, 0) is 25.1 Å². The van der Waals surface area contributed by atoms with Gasteiger partial charge in [0.2, 0.25) is 0 Å². The molecule has 1 aromatic carbocycles. The highest BCUT2D eigenvalue weighted by molar-refractivity contribution is 7.90. The Hall–Kier alpha value is -1.98. The lowest BCUT2D eigenvalue weighted by molar-refractivity contribution is 0.0297. The van der Waals surface area contributed by atoms with Crippen LogP contribution in [0.15, 0.2) is 29.2 Å². The number of sulfone groups is 1. The van der Waals surface area contributed by atoms with Crippen molar-refractivity contribution in [3.05, 3.63) is 35.5 Å². The number of hydrogen-bond donors (Lipinski definition) is 0. The van der Waals surface area contributed by atoms with E-state index >= 15 is 0 Å². The number of likely N-dealkylation sites (tertiary alicyclic amines) is 1. The van der Waals surface area contributed by atoms with Gasteiger partial charge in [0.05, 0.1) is 35.6 Å². The number of rotatable bonds is 5. The molecule has 0 saturated carbocycles. The highest BCUT2D eigenvalue weighted by atomic mass is 35.5. The molecule has 0 aliphatic carbocycles. The molecule has 11 heteroatoms. The van der Waals surface area contributed by atoms with Gasteiger partial charge in [-0.05, 0) is 57.2 Å². The average Bonchev–Trinajstić information content (AvgIpc) is 3.31. The lowest BCUT2D eigenvalue weighted by Gasteiger charge is -2.35. The zero-order chi connectivity index (χ0) is 25.4. The van der Waals surface area contributed by atoms with E-state index < -0.39 is 9.84 Å². The molecule has 0 radical (unpaired) electrons. The van der Waals surface area contributed by atoms with Gasteiger partial charge in [-0.1, -0.05) is 18.2 Å². The van der Waals surface area contributed by atoms with Crippen molar-refractivity contribution in [2.24, 2.45) is 5.92 Å². The Morgan fingerprint density at radius 2 is 1.74 bits per heavy atom. The zero-order valence-corrected chi connectivity index (χ0v) is 23.4. The third kappa shape index (κ3) is 5.38. The predicted molar refractivity (Wildman–Crippen MR) is 145 cm³/mol. The van der Waals surface area contributed by atoms with Crippen LogP contribution in [0.25, 0.3) is 11.3 Å². The molecule has 0 N–H and O–H groups in total. The Labute approximate surface area is 230 Å². The molecule has 1 atom stereocenters. The van der Waals surface area contributed by atoms with Gasteiger partial charge in [-0.15, -0.1) is 12.4 Å². The molecule has 1 unspecified atom stereocenters. The molecular weight excluding hydrogens is 528 g/mol. The van der Waals surface area contributed by atoms with Gasteiger partial charge < -0.3 is 19.3 Å². The van der Waals surface area contributed by atoms with Gasteiger partial charge in [0.15, 0.2) is 15.5 Å². The fraction of sp³-hybridized carbons (Fsp3) is 0.630. The smallest absolute Gasteiger partial charge is 0.274 e. The topological polar surface area (TPSA) is 94.0 Å². The summed E-state index contributed by atoms with van der Waals surface area (Å²) in [5.74, 6) is 0.340. The second-order valence-electron chi connectivity index (χ2n) is 10.7. The van der Waals surface area contributed by atoms with Crippen molar-refractivity contribution in [1.82, 2.24) is 19.6 Å². The van der Waals surface area contributed by atoms with E-state index in [0.717, 1.165) is 70.1 Å². The molecule has 5 heterocycles. The van der Waals surface area contributed by atoms with Gasteiger partial charge in [-0.2, -0.15) is 5.10 Å². The molecule has 1 amide bonds. The Kier molecular flexibility index (Phi) is 8.45. The second kappa shape index (κ2) is 11.6. The van der Waals surface area contributed by atoms with Gasteiger partial charge in [-0.25, -0.2) is 8.42 Å². The molecule has 0 spiro atoms. The molecule has 208 valence electrons. The summed E-state index contributed by atoms with van der Waals surface area (Å²) in [6, 6.07) is 7.26. The van der Waals surface area contributed by atoms with E-state index in [1.165, 1.54) is 6.42 Å². The first-order chi connectivity index (χ1) is 18.0. The van der Waals surface area contributed by atoms with Crippen molar-refractivity contribution >= 4 is 28.2 Å². The number of nitrogens with zero attached hydrogens (tertiary/aromatic N) is 4. The molecule has 3 saturated heterocycles. The molecule has 4 aliphatic heterocycles. The Balaban J connectivity index is 0.00000294.